The molecule has 0 saturated carbocycles. The number of hydrogen-bond acceptors (Lipinski definition) is 6. The van der Waals surface area contributed by atoms with Crippen LogP contribution in [0.2, 0.25) is 0 Å². The van der Waals surface area contributed by atoms with Crippen LogP contribution in [0.25, 0.3) is 11.5 Å². The van der Waals surface area contributed by atoms with Crippen molar-refractivity contribution in [1.29, 1.82) is 0 Å². The van der Waals surface area contributed by atoms with E-state index in [-0.39, 0.29) is 5.91 Å². The summed E-state index contributed by atoms with van der Waals surface area (Å²) in [7, 11) is -3.45. The van der Waals surface area contributed by atoms with Gasteiger partial charge in [0.2, 0.25) is 15.9 Å². The molecule has 2 aromatic heterocycles. The van der Waals surface area contributed by atoms with Crippen LogP contribution in [0.5, 0.6) is 0 Å². The average Bonchev–Trinajstić information content (AvgIpc) is 3.36. The number of nitrogens with one attached hydrogen (secondary N) is 1. The molecule has 0 bridgehead atoms. The van der Waals surface area contributed by atoms with E-state index in [0.717, 1.165) is 41.9 Å². The van der Waals surface area contributed by atoms with Crippen LogP contribution in [0, 0.1) is 6.92 Å². The largest absolute Gasteiger partial charge is 0.458 e. The molecule has 9 heteroatoms. The monoisotopic (exact) mass is 487 g/mol. The first-order valence-electron chi connectivity index (χ1n) is 11.3. The van der Waals surface area contributed by atoms with Gasteiger partial charge in [0, 0.05) is 24.9 Å². The first kappa shape index (κ1) is 23.7. The van der Waals surface area contributed by atoms with Crippen molar-refractivity contribution < 1.29 is 17.6 Å². The van der Waals surface area contributed by atoms with Gasteiger partial charge in [0.1, 0.15) is 11.5 Å². The second-order valence-corrected chi connectivity index (χ2v) is 11.3. The summed E-state index contributed by atoms with van der Waals surface area (Å²) in [6.07, 6.45) is 4.85. The van der Waals surface area contributed by atoms with Crippen molar-refractivity contribution in [3.05, 3.63) is 58.1 Å². The minimum absolute atomic E-state index is 0.0845. The minimum atomic E-state index is -3.45. The van der Waals surface area contributed by atoms with E-state index in [1.54, 1.807) is 39.9 Å². The first-order chi connectivity index (χ1) is 15.9. The summed E-state index contributed by atoms with van der Waals surface area (Å²) >= 11 is 1.56. The first-order valence-corrected chi connectivity index (χ1v) is 13.6. The summed E-state index contributed by atoms with van der Waals surface area (Å²) in [5.74, 6) is 1.28. The molecule has 1 amide bonds. The molecule has 7 nitrogen and oxygen atoms in total. The highest BCUT2D eigenvalue weighted by Gasteiger charge is 2.24. The Labute approximate surface area is 198 Å². The highest BCUT2D eigenvalue weighted by Crippen LogP contribution is 2.24. The number of hydrogen-bond donors (Lipinski definition) is 1. The molecule has 1 N–H and O–H groups in total. The van der Waals surface area contributed by atoms with Gasteiger partial charge in [-0.3, -0.25) is 4.79 Å². The number of aryl methyl sites for hydroxylation is 2. The second kappa shape index (κ2) is 10.6. The molecule has 4 rings (SSSR count). The predicted molar refractivity (Wildman–Crippen MR) is 128 cm³/mol. The van der Waals surface area contributed by atoms with Gasteiger partial charge in [-0.25, -0.2) is 13.4 Å². The zero-order valence-electron chi connectivity index (χ0n) is 18.7. The maximum Gasteiger partial charge on any atom is 0.243 e. The third-order valence-corrected chi connectivity index (χ3v) is 8.45. The molecule has 0 unspecified atom stereocenters. The highest BCUT2D eigenvalue weighted by molar-refractivity contribution is 7.89. The number of amides is 1. The maximum atomic E-state index is 12.9. The zero-order valence-corrected chi connectivity index (χ0v) is 20.4. The lowest BCUT2D eigenvalue weighted by molar-refractivity contribution is -0.121. The van der Waals surface area contributed by atoms with Crippen molar-refractivity contribution in [3.63, 3.8) is 0 Å². The van der Waals surface area contributed by atoms with Gasteiger partial charge >= 0.3 is 0 Å². The van der Waals surface area contributed by atoms with Crippen LogP contribution in [0.15, 0.2) is 51.1 Å². The van der Waals surface area contributed by atoms with Gasteiger partial charge in [-0.1, -0.05) is 25.0 Å². The molecule has 176 valence electrons. The zero-order chi connectivity index (χ0) is 23.3. The molecular weight excluding hydrogens is 458 g/mol. The third-order valence-electron chi connectivity index (χ3n) is 5.76. The van der Waals surface area contributed by atoms with E-state index in [9.17, 15) is 13.2 Å². The fourth-order valence-corrected chi connectivity index (χ4v) is 6.00. The van der Waals surface area contributed by atoms with Gasteiger partial charge in [-0.2, -0.15) is 4.31 Å². The molecule has 3 aromatic rings. The van der Waals surface area contributed by atoms with Gasteiger partial charge < -0.3 is 9.73 Å². The Morgan fingerprint density at radius 2 is 1.82 bits per heavy atom. The number of nitrogens with zero attached hydrogens (tertiary/aromatic N) is 2. The van der Waals surface area contributed by atoms with Crippen LogP contribution in [-0.2, 0) is 27.8 Å². The van der Waals surface area contributed by atoms with Gasteiger partial charge in [-0.05, 0) is 56.0 Å². The van der Waals surface area contributed by atoms with Gasteiger partial charge in [0.05, 0.1) is 16.4 Å². The van der Waals surface area contributed by atoms with E-state index in [1.807, 2.05) is 24.4 Å². The number of rotatable bonds is 8. The summed E-state index contributed by atoms with van der Waals surface area (Å²) in [6.45, 7) is 3.44. The lowest BCUT2D eigenvalue weighted by atomic mass is 10.1. The molecular formula is C24H29N3O4S2. The Morgan fingerprint density at radius 3 is 2.48 bits per heavy atom. The van der Waals surface area contributed by atoms with Crippen LogP contribution < -0.4 is 5.32 Å². The van der Waals surface area contributed by atoms with E-state index >= 15 is 0 Å². The SMILES string of the molecule is Cc1nc(-c2ccc(CNC(=O)CCc3ccc(S(=O)(=O)N4CCCCCC4)cc3)o2)cs1. The lowest BCUT2D eigenvalue weighted by Gasteiger charge is -2.20. The van der Waals surface area contributed by atoms with Crippen molar-refractivity contribution in [2.24, 2.45) is 0 Å². The number of carbonyl (C=O) groups is 1. The summed E-state index contributed by atoms with van der Waals surface area (Å²) in [6, 6.07) is 10.6. The molecule has 0 atom stereocenters. The Kier molecular flexibility index (Phi) is 7.62. The van der Waals surface area contributed by atoms with Gasteiger partial charge in [0.25, 0.3) is 0 Å². The molecule has 0 aliphatic carbocycles. The maximum absolute atomic E-state index is 12.9. The smallest absolute Gasteiger partial charge is 0.243 e. The molecule has 1 aliphatic heterocycles. The van der Waals surface area contributed by atoms with Crippen molar-refractivity contribution >= 4 is 27.3 Å². The fourth-order valence-electron chi connectivity index (χ4n) is 3.88. The number of carbonyl (C=O) groups excluding carboxylic acids is 1. The fraction of sp³-hybridized carbons (Fsp3) is 0.417. The second-order valence-electron chi connectivity index (χ2n) is 8.26. The standard InChI is InChI=1S/C24H29N3O4S2/c1-18-26-22(17-32-18)23-12-9-20(31-23)16-25-24(28)13-8-19-6-10-21(11-7-19)33(29,30)27-14-4-2-3-5-15-27/h6-7,9-12,17H,2-5,8,13-16H2,1H3,(H,25,28). The third kappa shape index (κ3) is 6.10. The summed E-state index contributed by atoms with van der Waals surface area (Å²) < 4.78 is 33.1. The molecule has 0 radical (unpaired) electrons. The van der Waals surface area contributed by atoms with Crippen molar-refractivity contribution in [3.8, 4) is 11.5 Å². The van der Waals surface area contributed by atoms with Crippen LogP contribution >= 0.6 is 11.3 Å². The van der Waals surface area contributed by atoms with Crippen LogP contribution in [0.3, 0.4) is 0 Å². The summed E-state index contributed by atoms with van der Waals surface area (Å²) in [5, 5.41) is 5.79. The highest BCUT2D eigenvalue weighted by atomic mass is 32.2. The molecule has 1 saturated heterocycles. The molecule has 1 aliphatic rings. The van der Waals surface area contributed by atoms with Crippen molar-refractivity contribution in [2.45, 2.75) is 56.9 Å². The Hall–Kier alpha value is -2.49. The van der Waals surface area contributed by atoms with Crippen LogP contribution in [0.1, 0.15) is 48.4 Å². The normalized spacial score (nSPS) is 15.3. The van der Waals surface area contributed by atoms with E-state index in [2.05, 4.69) is 10.3 Å². The molecule has 0 spiro atoms. The van der Waals surface area contributed by atoms with Crippen LogP contribution in [0.4, 0.5) is 0 Å². The number of thiazole rings is 1. The topological polar surface area (TPSA) is 92.5 Å². The number of aromatic nitrogens is 1. The van der Waals surface area contributed by atoms with Crippen LogP contribution in [-0.4, -0.2) is 36.7 Å². The molecule has 33 heavy (non-hydrogen) atoms. The Morgan fingerprint density at radius 1 is 1.09 bits per heavy atom. The molecule has 1 aromatic carbocycles. The average molecular weight is 488 g/mol. The molecule has 1 fully saturated rings. The lowest BCUT2D eigenvalue weighted by Crippen LogP contribution is -2.31. The van der Waals surface area contributed by atoms with Gasteiger partial charge in [-0.15, -0.1) is 11.3 Å². The van der Waals surface area contributed by atoms with E-state index in [0.29, 0.717) is 48.9 Å². The van der Waals surface area contributed by atoms with Crippen molar-refractivity contribution in [2.75, 3.05) is 13.1 Å². The van der Waals surface area contributed by atoms with E-state index < -0.39 is 10.0 Å². The Bertz CT molecular complexity index is 1170. The molecule has 3 heterocycles. The summed E-state index contributed by atoms with van der Waals surface area (Å²) in [5.41, 5.74) is 1.73. The van der Waals surface area contributed by atoms with E-state index in [1.165, 1.54) is 0 Å². The minimum Gasteiger partial charge on any atom is -0.458 e. The summed E-state index contributed by atoms with van der Waals surface area (Å²) in [4.78, 5) is 17.0. The van der Waals surface area contributed by atoms with E-state index in [4.69, 9.17) is 4.42 Å². The number of benzene rings is 1. The number of sulfonamides is 1. The van der Waals surface area contributed by atoms with Crippen molar-refractivity contribution in [1.82, 2.24) is 14.6 Å². The quantitative estimate of drug-likeness (QED) is 0.504. The Balaban J connectivity index is 1.26. The number of furan rings is 1. The predicted octanol–water partition coefficient (Wildman–Crippen LogP) is 4.53. The van der Waals surface area contributed by atoms with Gasteiger partial charge in [0.15, 0.2) is 5.76 Å².